The summed E-state index contributed by atoms with van der Waals surface area (Å²) in [4.78, 5) is 5.77. The van der Waals surface area contributed by atoms with Crippen LogP contribution in [0.2, 0.25) is 5.02 Å². The Balaban J connectivity index is 2.05. The predicted molar refractivity (Wildman–Crippen MR) is 84.8 cm³/mol. The van der Waals surface area contributed by atoms with E-state index in [1.807, 2.05) is 24.4 Å². The van der Waals surface area contributed by atoms with Gasteiger partial charge in [0.05, 0.1) is 13.2 Å². The highest BCUT2D eigenvalue weighted by molar-refractivity contribution is 7.11. The molecule has 0 fully saturated rings. The molecule has 0 saturated heterocycles. The molecule has 0 aliphatic carbocycles. The molecule has 1 N–H and O–H groups in total. The molecule has 1 heterocycles. The lowest BCUT2D eigenvalue weighted by molar-refractivity contribution is 0.406. The monoisotopic (exact) mass is 310 g/mol. The first-order valence-corrected chi connectivity index (χ1v) is 7.84. The van der Waals surface area contributed by atoms with Gasteiger partial charge in [-0.15, -0.1) is 11.3 Å². The minimum atomic E-state index is 0.196. The largest absolute Gasteiger partial charge is 0.496 e. The maximum Gasteiger partial charge on any atom is 0.124 e. The molecule has 2 rings (SSSR count). The number of aromatic nitrogens is 1. The quantitative estimate of drug-likeness (QED) is 0.867. The van der Waals surface area contributed by atoms with Crippen molar-refractivity contribution >= 4 is 22.9 Å². The van der Waals surface area contributed by atoms with Crippen LogP contribution in [0.1, 0.15) is 35.3 Å². The van der Waals surface area contributed by atoms with Gasteiger partial charge >= 0.3 is 0 Å². The lowest BCUT2D eigenvalue weighted by Crippen LogP contribution is -2.18. The van der Waals surface area contributed by atoms with E-state index in [9.17, 15) is 0 Å². The van der Waals surface area contributed by atoms with Crippen LogP contribution in [-0.2, 0) is 13.0 Å². The molecule has 0 aliphatic rings. The zero-order chi connectivity index (χ0) is 14.5. The van der Waals surface area contributed by atoms with Crippen LogP contribution in [-0.4, -0.2) is 12.1 Å². The third kappa shape index (κ3) is 3.51. The first-order valence-electron chi connectivity index (χ1n) is 6.65. The van der Waals surface area contributed by atoms with Gasteiger partial charge in [0.2, 0.25) is 0 Å². The predicted octanol–water partition coefficient (Wildman–Crippen LogP) is 4.22. The van der Waals surface area contributed by atoms with Crippen molar-refractivity contribution in [3.8, 4) is 5.75 Å². The molecule has 0 spiro atoms. The van der Waals surface area contributed by atoms with Crippen molar-refractivity contribution in [2.75, 3.05) is 7.11 Å². The van der Waals surface area contributed by atoms with Crippen molar-refractivity contribution in [2.45, 2.75) is 32.9 Å². The second kappa shape index (κ2) is 7.07. The van der Waals surface area contributed by atoms with Crippen LogP contribution in [0.3, 0.4) is 0 Å². The molecule has 0 radical (unpaired) electrons. The lowest BCUT2D eigenvalue weighted by atomic mass is 10.2. The number of benzene rings is 1. The highest BCUT2D eigenvalue weighted by Gasteiger charge is 2.12. The molecule has 0 bridgehead atoms. The van der Waals surface area contributed by atoms with Crippen molar-refractivity contribution < 1.29 is 4.74 Å². The normalized spacial score (nSPS) is 12.4. The number of nitrogens with zero attached hydrogens (tertiary/aromatic N) is 1. The van der Waals surface area contributed by atoms with E-state index >= 15 is 0 Å². The summed E-state index contributed by atoms with van der Waals surface area (Å²) in [5.41, 5.74) is 0.982. The fourth-order valence-electron chi connectivity index (χ4n) is 1.93. The summed E-state index contributed by atoms with van der Waals surface area (Å²) in [5.74, 6) is 0.811. The van der Waals surface area contributed by atoms with E-state index < -0.39 is 0 Å². The van der Waals surface area contributed by atoms with E-state index in [-0.39, 0.29) is 6.04 Å². The van der Waals surface area contributed by atoms with E-state index in [2.05, 4.69) is 24.1 Å². The first kappa shape index (κ1) is 15.3. The van der Waals surface area contributed by atoms with E-state index in [4.69, 9.17) is 16.3 Å². The Bertz CT molecular complexity index is 571. The summed E-state index contributed by atoms with van der Waals surface area (Å²) < 4.78 is 5.35. The Morgan fingerprint density at radius 3 is 2.90 bits per heavy atom. The van der Waals surface area contributed by atoms with Gasteiger partial charge in [0.1, 0.15) is 10.8 Å². The minimum absolute atomic E-state index is 0.196. The van der Waals surface area contributed by atoms with Crippen molar-refractivity contribution in [3.63, 3.8) is 0 Å². The molecule has 5 heteroatoms. The summed E-state index contributed by atoms with van der Waals surface area (Å²) in [6.45, 7) is 4.91. The Hall–Kier alpha value is -1.10. The Kier molecular flexibility index (Phi) is 5.40. The third-order valence-electron chi connectivity index (χ3n) is 3.17. The third-order valence-corrected chi connectivity index (χ3v) is 4.85. The molecular formula is C15H19ClN2OS. The molecule has 20 heavy (non-hydrogen) atoms. The summed E-state index contributed by atoms with van der Waals surface area (Å²) in [6.07, 6.45) is 2.98. The fourth-order valence-corrected chi connectivity index (χ4v) is 3.05. The molecule has 1 atom stereocenters. The van der Waals surface area contributed by atoms with Crippen molar-refractivity contribution in [1.82, 2.24) is 10.3 Å². The molecule has 108 valence electrons. The molecule has 0 aliphatic heterocycles. The van der Waals surface area contributed by atoms with Crippen LogP contribution in [0, 0.1) is 0 Å². The number of aryl methyl sites for hydroxylation is 1. The summed E-state index contributed by atoms with van der Waals surface area (Å²) in [7, 11) is 1.66. The second-order valence-corrected chi connectivity index (χ2v) is 6.10. The summed E-state index contributed by atoms with van der Waals surface area (Å²) >= 11 is 7.98. The summed E-state index contributed by atoms with van der Waals surface area (Å²) in [5, 5.41) is 5.28. The minimum Gasteiger partial charge on any atom is -0.496 e. The number of nitrogens with one attached hydrogen (secondary N) is 1. The number of hydrogen-bond acceptors (Lipinski definition) is 4. The average Bonchev–Trinajstić information content (AvgIpc) is 2.94. The molecule has 3 nitrogen and oxygen atoms in total. The molecular weight excluding hydrogens is 292 g/mol. The Labute approximate surface area is 129 Å². The van der Waals surface area contributed by atoms with Crippen LogP contribution in [0.25, 0.3) is 0 Å². The van der Waals surface area contributed by atoms with Crippen molar-refractivity contribution in [1.29, 1.82) is 0 Å². The van der Waals surface area contributed by atoms with E-state index in [1.165, 1.54) is 4.88 Å². The zero-order valence-electron chi connectivity index (χ0n) is 11.9. The Morgan fingerprint density at radius 2 is 2.25 bits per heavy atom. The maximum absolute atomic E-state index is 6.23. The van der Waals surface area contributed by atoms with Crippen molar-refractivity contribution in [3.05, 3.63) is 44.9 Å². The van der Waals surface area contributed by atoms with Crippen LogP contribution >= 0.6 is 22.9 Å². The van der Waals surface area contributed by atoms with Gasteiger partial charge in [-0.25, -0.2) is 4.98 Å². The number of hydrogen-bond donors (Lipinski definition) is 1. The summed E-state index contributed by atoms with van der Waals surface area (Å²) in [6, 6.07) is 5.89. The van der Waals surface area contributed by atoms with E-state index in [0.29, 0.717) is 6.54 Å². The molecule has 1 unspecified atom stereocenters. The molecule has 1 aromatic carbocycles. The second-order valence-electron chi connectivity index (χ2n) is 4.54. The van der Waals surface area contributed by atoms with E-state index in [0.717, 1.165) is 27.8 Å². The maximum atomic E-state index is 6.23. The van der Waals surface area contributed by atoms with Crippen LogP contribution in [0.4, 0.5) is 0 Å². The average molecular weight is 311 g/mol. The van der Waals surface area contributed by atoms with Gasteiger partial charge in [-0.1, -0.05) is 24.6 Å². The van der Waals surface area contributed by atoms with Gasteiger partial charge < -0.3 is 10.1 Å². The number of ether oxygens (including phenoxy) is 1. The van der Waals surface area contributed by atoms with Crippen LogP contribution in [0.15, 0.2) is 24.4 Å². The van der Waals surface area contributed by atoms with Gasteiger partial charge in [-0.05, 0) is 25.5 Å². The SMILES string of the molecule is CCc1cnc(C(C)NCc2c(Cl)cccc2OC)s1. The molecule has 0 amide bonds. The standard InChI is InChI=1S/C15H19ClN2OS/c1-4-11-8-18-15(20-11)10(2)17-9-12-13(16)6-5-7-14(12)19-3/h5-8,10,17H,4,9H2,1-3H3. The van der Waals surface area contributed by atoms with Gasteiger partial charge in [0, 0.05) is 28.2 Å². The van der Waals surface area contributed by atoms with Crippen molar-refractivity contribution in [2.24, 2.45) is 0 Å². The topological polar surface area (TPSA) is 34.2 Å². The van der Waals surface area contributed by atoms with E-state index in [1.54, 1.807) is 18.4 Å². The number of thiazole rings is 1. The zero-order valence-corrected chi connectivity index (χ0v) is 13.5. The van der Waals surface area contributed by atoms with Crippen LogP contribution in [0.5, 0.6) is 5.75 Å². The smallest absolute Gasteiger partial charge is 0.124 e. The Morgan fingerprint density at radius 1 is 1.45 bits per heavy atom. The van der Waals surface area contributed by atoms with Crippen LogP contribution < -0.4 is 10.1 Å². The van der Waals surface area contributed by atoms with Gasteiger partial charge in [0.15, 0.2) is 0 Å². The highest BCUT2D eigenvalue weighted by Crippen LogP contribution is 2.27. The first-order chi connectivity index (χ1) is 9.65. The molecule has 2 aromatic rings. The van der Waals surface area contributed by atoms with Gasteiger partial charge in [-0.3, -0.25) is 0 Å². The lowest BCUT2D eigenvalue weighted by Gasteiger charge is -2.14. The molecule has 1 aromatic heterocycles. The van der Waals surface area contributed by atoms with Gasteiger partial charge in [-0.2, -0.15) is 0 Å². The number of methoxy groups -OCH3 is 1. The molecule has 0 saturated carbocycles. The highest BCUT2D eigenvalue weighted by atomic mass is 35.5. The fraction of sp³-hybridized carbons (Fsp3) is 0.400. The number of halogens is 1. The van der Waals surface area contributed by atoms with Gasteiger partial charge in [0.25, 0.3) is 0 Å². The number of rotatable bonds is 6.